The number of alkyl carbamates (subject to hydrolysis) is 1. The molecule has 1 heterocycles. The first kappa shape index (κ1) is 30.0. The van der Waals surface area contributed by atoms with Gasteiger partial charge in [-0.15, -0.1) is 0 Å². The number of nitrogens with zero attached hydrogens (tertiary/aromatic N) is 2. The van der Waals surface area contributed by atoms with Gasteiger partial charge in [0.25, 0.3) is 5.91 Å². The summed E-state index contributed by atoms with van der Waals surface area (Å²) in [6.07, 6.45) is 1.72. The monoisotopic (exact) mass is 572 g/mol. The summed E-state index contributed by atoms with van der Waals surface area (Å²) in [6.45, 7) is 4.23. The molecule has 0 aliphatic heterocycles. The van der Waals surface area contributed by atoms with Gasteiger partial charge in [0.1, 0.15) is 25.1 Å². The summed E-state index contributed by atoms with van der Waals surface area (Å²) in [5.41, 5.74) is 3.55. The molecule has 9 nitrogen and oxygen atoms in total. The Bertz CT molecular complexity index is 1510. The van der Waals surface area contributed by atoms with Crippen molar-refractivity contribution >= 4 is 18.0 Å². The van der Waals surface area contributed by atoms with Gasteiger partial charge in [-0.05, 0) is 48.2 Å². The predicted octanol–water partition coefficient (Wildman–Crippen LogP) is 5.04. The lowest BCUT2D eigenvalue weighted by Gasteiger charge is -2.18. The van der Waals surface area contributed by atoms with E-state index in [4.69, 9.17) is 9.47 Å². The summed E-state index contributed by atoms with van der Waals surface area (Å²) in [7, 11) is 0. The Kier molecular flexibility index (Phi) is 10.4. The summed E-state index contributed by atoms with van der Waals surface area (Å²) >= 11 is 0. The summed E-state index contributed by atoms with van der Waals surface area (Å²) in [5.74, 6) is -2.01. The van der Waals surface area contributed by atoms with Gasteiger partial charge < -0.3 is 20.1 Å². The zero-order valence-electron chi connectivity index (χ0n) is 23.5. The number of halogens is 1. The van der Waals surface area contributed by atoms with E-state index in [9.17, 15) is 18.8 Å². The van der Waals surface area contributed by atoms with Crippen molar-refractivity contribution in [2.75, 3.05) is 6.54 Å². The average molecular weight is 573 g/mol. The highest BCUT2D eigenvalue weighted by molar-refractivity contribution is 5.96. The third kappa shape index (κ3) is 8.26. The maximum absolute atomic E-state index is 14.6. The molecular formula is C32H33FN4O5. The molecule has 0 aliphatic rings. The van der Waals surface area contributed by atoms with Gasteiger partial charge in [0.05, 0.1) is 5.69 Å². The van der Waals surface area contributed by atoms with Crippen molar-refractivity contribution in [3.05, 3.63) is 113 Å². The fourth-order valence-corrected chi connectivity index (χ4v) is 4.21. The largest absolute Gasteiger partial charge is 0.459 e. The molecule has 4 aromatic rings. The SMILES string of the molecule is CCc1cn(CC)nc1-c1cc(F)cc(C(=O)NC[C@@H](NC(=O)OCc2ccccc2)C(=O)OCc2ccccc2)c1. The molecule has 0 saturated carbocycles. The number of aromatic nitrogens is 2. The third-order valence-electron chi connectivity index (χ3n) is 6.46. The molecule has 0 aliphatic carbocycles. The summed E-state index contributed by atoms with van der Waals surface area (Å²) < 4.78 is 27.0. The standard InChI is InChI=1S/C32H33FN4O5/c1-3-24-19-37(4-2)36-29(24)25-15-26(17-27(33)16-25)30(38)34-18-28(31(39)41-20-22-11-7-5-8-12-22)35-32(40)42-21-23-13-9-6-10-14-23/h5-17,19,28H,3-4,18,20-21H2,1-2H3,(H,34,38)(H,35,40)/t28-/m1/s1. The van der Waals surface area contributed by atoms with Gasteiger partial charge in [0, 0.05) is 30.4 Å². The maximum Gasteiger partial charge on any atom is 0.408 e. The molecule has 218 valence electrons. The summed E-state index contributed by atoms with van der Waals surface area (Å²) in [5, 5.41) is 9.59. The number of carbonyl (C=O) groups excluding carboxylic acids is 3. The van der Waals surface area contributed by atoms with Crippen LogP contribution in [0, 0.1) is 5.82 Å². The number of aryl methyl sites for hydroxylation is 2. The van der Waals surface area contributed by atoms with E-state index in [0.717, 1.165) is 22.8 Å². The predicted molar refractivity (Wildman–Crippen MR) is 155 cm³/mol. The Hall–Kier alpha value is -4.99. The highest BCUT2D eigenvalue weighted by atomic mass is 19.1. The second-order valence-corrected chi connectivity index (χ2v) is 9.50. The first-order valence-corrected chi connectivity index (χ1v) is 13.7. The normalized spacial score (nSPS) is 11.4. The molecular weight excluding hydrogens is 539 g/mol. The minimum Gasteiger partial charge on any atom is -0.459 e. The number of esters is 1. The molecule has 0 fully saturated rings. The number of ether oxygens (including phenoxy) is 2. The Morgan fingerprint density at radius 1 is 0.905 bits per heavy atom. The van der Waals surface area contributed by atoms with Gasteiger partial charge in [-0.1, -0.05) is 67.6 Å². The molecule has 4 rings (SSSR count). The molecule has 1 atom stereocenters. The highest BCUT2D eigenvalue weighted by Crippen LogP contribution is 2.25. The molecule has 2 amide bonds. The zero-order valence-corrected chi connectivity index (χ0v) is 23.5. The van der Waals surface area contributed by atoms with E-state index < -0.39 is 29.8 Å². The van der Waals surface area contributed by atoms with Crippen LogP contribution in [0.1, 0.15) is 40.9 Å². The van der Waals surface area contributed by atoms with Crippen LogP contribution < -0.4 is 10.6 Å². The molecule has 0 saturated heterocycles. The fourth-order valence-electron chi connectivity index (χ4n) is 4.21. The van der Waals surface area contributed by atoms with E-state index in [-0.39, 0.29) is 25.3 Å². The molecule has 1 aromatic heterocycles. The van der Waals surface area contributed by atoms with Crippen LogP contribution in [0.15, 0.2) is 85.1 Å². The molecule has 0 unspecified atom stereocenters. The maximum atomic E-state index is 14.6. The smallest absolute Gasteiger partial charge is 0.408 e. The third-order valence-corrected chi connectivity index (χ3v) is 6.46. The van der Waals surface area contributed by atoms with Crippen LogP contribution in [0.5, 0.6) is 0 Å². The van der Waals surface area contributed by atoms with Crippen molar-refractivity contribution in [1.29, 1.82) is 0 Å². The lowest BCUT2D eigenvalue weighted by molar-refractivity contribution is -0.147. The van der Waals surface area contributed by atoms with Gasteiger partial charge in [-0.2, -0.15) is 5.10 Å². The van der Waals surface area contributed by atoms with Crippen molar-refractivity contribution in [1.82, 2.24) is 20.4 Å². The van der Waals surface area contributed by atoms with Gasteiger partial charge in [0.15, 0.2) is 0 Å². The van der Waals surface area contributed by atoms with Crippen molar-refractivity contribution in [3.8, 4) is 11.3 Å². The number of nitrogens with one attached hydrogen (secondary N) is 2. The van der Waals surface area contributed by atoms with Crippen LogP contribution in [-0.4, -0.2) is 40.3 Å². The van der Waals surface area contributed by atoms with Crippen LogP contribution >= 0.6 is 0 Å². The van der Waals surface area contributed by atoms with E-state index >= 15 is 0 Å². The molecule has 0 spiro atoms. The summed E-state index contributed by atoms with van der Waals surface area (Å²) in [4.78, 5) is 38.6. The van der Waals surface area contributed by atoms with E-state index in [1.165, 1.54) is 6.07 Å². The van der Waals surface area contributed by atoms with Gasteiger partial charge in [0.2, 0.25) is 0 Å². The number of amides is 2. The van der Waals surface area contributed by atoms with Crippen molar-refractivity contribution in [3.63, 3.8) is 0 Å². The van der Waals surface area contributed by atoms with Crippen LogP contribution in [0.3, 0.4) is 0 Å². The molecule has 3 aromatic carbocycles. The summed E-state index contributed by atoms with van der Waals surface area (Å²) in [6, 6.07) is 20.8. The molecule has 42 heavy (non-hydrogen) atoms. The number of hydrogen-bond acceptors (Lipinski definition) is 6. The van der Waals surface area contributed by atoms with Gasteiger partial charge in [-0.25, -0.2) is 14.0 Å². The van der Waals surface area contributed by atoms with E-state index in [1.807, 2.05) is 56.4 Å². The number of carbonyl (C=O) groups is 3. The van der Waals surface area contributed by atoms with Gasteiger partial charge >= 0.3 is 12.1 Å². The second-order valence-electron chi connectivity index (χ2n) is 9.50. The van der Waals surface area contributed by atoms with Crippen LogP contribution in [0.4, 0.5) is 9.18 Å². The zero-order chi connectivity index (χ0) is 29.9. The van der Waals surface area contributed by atoms with Crippen LogP contribution in [0.2, 0.25) is 0 Å². The minimum atomic E-state index is -1.26. The van der Waals surface area contributed by atoms with Crippen molar-refractivity contribution < 1.29 is 28.2 Å². The van der Waals surface area contributed by atoms with Crippen LogP contribution in [-0.2, 0) is 40.4 Å². The number of hydrogen-bond donors (Lipinski definition) is 2. The fraction of sp³-hybridized carbons (Fsp3) is 0.250. The topological polar surface area (TPSA) is 112 Å². The average Bonchev–Trinajstić information content (AvgIpc) is 3.45. The molecule has 2 N–H and O–H groups in total. The lowest BCUT2D eigenvalue weighted by Crippen LogP contribution is -2.49. The lowest BCUT2D eigenvalue weighted by atomic mass is 10.0. The highest BCUT2D eigenvalue weighted by Gasteiger charge is 2.25. The Morgan fingerprint density at radius 2 is 1.55 bits per heavy atom. The van der Waals surface area contributed by atoms with Gasteiger partial charge in [-0.3, -0.25) is 9.48 Å². The Labute approximate surface area is 243 Å². The number of rotatable bonds is 12. The number of benzene rings is 3. The van der Waals surface area contributed by atoms with E-state index in [0.29, 0.717) is 24.2 Å². The van der Waals surface area contributed by atoms with E-state index in [1.54, 1.807) is 35.0 Å². The van der Waals surface area contributed by atoms with Crippen LogP contribution in [0.25, 0.3) is 11.3 Å². The van der Waals surface area contributed by atoms with E-state index in [2.05, 4.69) is 15.7 Å². The molecule has 0 bridgehead atoms. The first-order chi connectivity index (χ1) is 20.4. The molecule has 0 radical (unpaired) electrons. The Morgan fingerprint density at radius 3 is 2.17 bits per heavy atom. The Balaban J connectivity index is 1.46. The van der Waals surface area contributed by atoms with Crippen molar-refractivity contribution in [2.24, 2.45) is 0 Å². The first-order valence-electron chi connectivity index (χ1n) is 13.7. The second kappa shape index (κ2) is 14.6. The quantitative estimate of drug-likeness (QED) is 0.230. The minimum absolute atomic E-state index is 0.00950. The van der Waals surface area contributed by atoms with Crippen molar-refractivity contribution in [2.45, 2.75) is 46.1 Å². The molecule has 10 heteroatoms.